The van der Waals surface area contributed by atoms with Crippen LogP contribution in [0, 0.1) is 0 Å². The lowest BCUT2D eigenvalue weighted by atomic mass is 10.0. The molecule has 0 N–H and O–H groups in total. The van der Waals surface area contributed by atoms with Crippen molar-refractivity contribution in [1.82, 2.24) is 0 Å². The van der Waals surface area contributed by atoms with E-state index in [1.165, 1.54) is 6.08 Å². The predicted octanol–water partition coefficient (Wildman–Crippen LogP) is 3.75. The molecule has 1 heterocycles. The van der Waals surface area contributed by atoms with Crippen LogP contribution in [0.25, 0.3) is 5.57 Å². The Morgan fingerprint density at radius 1 is 1.25 bits per heavy atom. The van der Waals surface area contributed by atoms with Gasteiger partial charge in [0.1, 0.15) is 5.75 Å². The van der Waals surface area contributed by atoms with Gasteiger partial charge in [-0.3, -0.25) is 0 Å². The second kappa shape index (κ2) is 6.91. The van der Waals surface area contributed by atoms with E-state index >= 15 is 0 Å². The van der Waals surface area contributed by atoms with E-state index in [1.54, 1.807) is 25.4 Å². The van der Waals surface area contributed by atoms with Crippen LogP contribution < -0.4 is 4.74 Å². The summed E-state index contributed by atoms with van der Waals surface area (Å²) in [7, 11) is 1.63. The van der Waals surface area contributed by atoms with Gasteiger partial charge in [-0.2, -0.15) is 0 Å². The number of thiophene rings is 1. The normalized spacial score (nSPS) is 11.2. The van der Waals surface area contributed by atoms with Crippen molar-refractivity contribution in [2.45, 2.75) is 6.92 Å². The number of rotatable bonds is 5. The Labute approximate surface area is 122 Å². The third-order valence-corrected chi connectivity index (χ3v) is 3.64. The Hall–Kier alpha value is -2.07. The second-order valence-corrected chi connectivity index (χ2v) is 4.96. The molecule has 20 heavy (non-hydrogen) atoms. The van der Waals surface area contributed by atoms with Gasteiger partial charge in [0.25, 0.3) is 0 Å². The van der Waals surface area contributed by atoms with E-state index < -0.39 is 0 Å². The van der Waals surface area contributed by atoms with Crippen molar-refractivity contribution in [3.63, 3.8) is 0 Å². The summed E-state index contributed by atoms with van der Waals surface area (Å²) in [5.41, 5.74) is 1.82. The minimum Gasteiger partial charge on any atom is -0.497 e. The van der Waals surface area contributed by atoms with Crippen LogP contribution in [0.5, 0.6) is 5.75 Å². The van der Waals surface area contributed by atoms with Gasteiger partial charge in [-0.25, -0.2) is 4.79 Å². The molecule has 0 bridgehead atoms. The van der Waals surface area contributed by atoms with E-state index in [-0.39, 0.29) is 5.97 Å². The van der Waals surface area contributed by atoms with E-state index in [0.717, 1.165) is 21.8 Å². The largest absolute Gasteiger partial charge is 0.497 e. The van der Waals surface area contributed by atoms with Crippen molar-refractivity contribution in [2.75, 3.05) is 13.7 Å². The SMILES string of the molecule is CCOC(=O)C=C(c1ccc(OC)cc1)c1cccs1. The maximum Gasteiger partial charge on any atom is 0.331 e. The van der Waals surface area contributed by atoms with Crippen LogP contribution >= 0.6 is 11.3 Å². The summed E-state index contributed by atoms with van der Waals surface area (Å²) in [6, 6.07) is 11.6. The standard InChI is InChI=1S/C16H16O3S/c1-3-19-16(17)11-14(15-5-4-10-20-15)12-6-8-13(18-2)9-7-12/h4-11H,3H2,1-2H3. The van der Waals surface area contributed by atoms with Crippen LogP contribution in [0.1, 0.15) is 17.4 Å². The lowest BCUT2D eigenvalue weighted by molar-refractivity contribution is -0.137. The first-order valence-electron chi connectivity index (χ1n) is 6.31. The van der Waals surface area contributed by atoms with Gasteiger partial charge in [-0.1, -0.05) is 18.2 Å². The summed E-state index contributed by atoms with van der Waals surface area (Å²) >= 11 is 1.59. The number of ether oxygens (including phenoxy) is 2. The molecular weight excluding hydrogens is 272 g/mol. The monoisotopic (exact) mass is 288 g/mol. The summed E-state index contributed by atoms with van der Waals surface area (Å²) in [4.78, 5) is 12.8. The van der Waals surface area contributed by atoms with Gasteiger partial charge < -0.3 is 9.47 Å². The molecule has 2 aromatic rings. The molecule has 1 aromatic heterocycles. The minimum absolute atomic E-state index is 0.327. The molecule has 1 aromatic carbocycles. The van der Waals surface area contributed by atoms with E-state index in [2.05, 4.69) is 0 Å². The molecule has 3 nitrogen and oxygen atoms in total. The molecule has 0 aliphatic carbocycles. The average molecular weight is 288 g/mol. The fraction of sp³-hybridized carbons (Fsp3) is 0.188. The van der Waals surface area contributed by atoms with Crippen LogP contribution in [0.4, 0.5) is 0 Å². The highest BCUT2D eigenvalue weighted by Crippen LogP contribution is 2.28. The van der Waals surface area contributed by atoms with Gasteiger partial charge >= 0.3 is 5.97 Å². The molecule has 0 unspecified atom stereocenters. The number of carbonyl (C=O) groups is 1. The number of benzene rings is 1. The zero-order valence-corrected chi connectivity index (χ0v) is 12.3. The highest BCUT2D eigenvalue weighted by atomic mass is 32.1. The first kappa shape index (κ1) is 14.3. The van der Waals surface area contributed by atoms with Crippen molar-refractivity contribution >= 4 is 22.9 Å². The lowest BCUT2D eigenvalue weighted by Gasteiger charge is -2.07. The summed E-state index contributed by atoms with van der Waals surface area (Å²) in [5.74, 6) is 0.460. The third-order valence-electron chi connectivity index (χ3n) is 2.74. The van der Waals surface area contributed by atoms with Gasteiger partial charge in [0.2, 0.25) is 0 Å². The molecule has 0 amide bonds. The Bertz CT molecular complexity index is 583. The van der Waals surface area contributed by atoms with Gasteiger partial charge in [-0.05, 0) is 36.1 Å². The first-order valence-corrected chi connectivity index (χ1v) is 7.19. The van der Waals surface area contributed by atoms with Crippen molar-refractivity contribution in [2.24, 2.45) is 0 Å². The molecule has 0 radical (unpaired) electrons. The third kappa shape index (κ3) is 3.48. The highest BCUT2D eigenvalue weighted by Gasteiger charge is 2.09. The number of carbonyl (C=O) groups excluding carboxylic acids is 1. The zero-order valence-electron chi connectivity index (χ0n) is 11.5. The first-order chi connectivity index (χ1) is 9.74. The maximum absolute atomic E-state index is 11.7. The molecule has 0 atom stereocenters. The van der Waals surface area contributed by atoms with Gasteiger partial charge in [0, 0.05) is 16.5 Å². The van der Waals surface area contributed by atoms with E-state index in [1.807, 2.05) is 41.8 Å². The van der Waals surface area contributed by atoms with Crippen LogP contribution in [0.2, 0.25) is 0 Å². The molecule has 0 spiro atoms. The number of methoxy groups -OCH3 is 1. The molecule has 0 aliphatic heterocycles. The molecule has 0 saturated carbocycles. The number of hydrogen-bond donors (Lipinski definition) is 0. The van der Waals surface area contributed by atoms with Crippen LogP contribution in [0.3, 0.4) is 0 Å². The molecule has 2 rings (SSSR count). The smallest absolute Gasteiger partial charge is 0.331 e. The van der Waals surface area contributed by atoms with Gasteiger partial charge in [-0.15, -0.1) is 11.3 Å². The topological polar surface area (TPSA) is 35.5 Å². The Kier molecular flexibility index (Phi) is 4.96. The Morgan fingerprint density at radius 2 is 2.00 bits per heavy atom. The van der Waals surface area contributed by atoms with E-state index in [9.17, 15) is 4.79 Å². The van der Waals surface area contributed by atoms with Crippen molar-refractivity contribution in [3.05, 3.63) is 58.3 Å². The number of hydrogen-bond acceptors (Lipinski definition) is 4. The van der Waals surface area contributed by atoms with Crippen molar-refractivity contribution in [3.8, 4) is 5.75 Å². The van der Waals surface area contributed by atoms with Crippen LogP contribution in [-0.2, 0) is 9.53 Å². The fourth-order valence-electron chi connectivity index (χ4n) is 1.80. The van der Waals surface area contributed by atoms with Gasteiger partial charge in [0.05, 0.1) is 13.7 Å². The molecular formula is C16H16O3S. The zero-order chi connectivity index (χ0) is 14.4. The Morgan fingerprint density at radius 3 is 2.55 bits per heavy atom. The second-order valence-electron chi connectivity index (χ2n) is 4.02. The summed E-state index contributed by atoms with van der Waals surface area (Å²) in [6.07, 6.45) is 1.54. The highest BCUT2D eigenvalue weighted by molar-refractivity contribution is 7.11. The fourth-order valence-corrected chi connectivity index (χ4v) is 2.57. The predicted molar refractivity (Wildman–Crippen MR) is 81.0 cm³/mol. The molecule has 0 aliphatic rings. The van der Waals surface area contributed by atoms with Crippen LogP contribution in [-0.4, -0.2) is 19.7 Å². The molecule has 104 valence electrons. The van der Waals surface area contributed by atoms with E-state index in [0.29, 0.717) is 6.61 Å². The molecule has 0 fully saturated rings. The quantitative estimate of drug-likeness (QED) is 0.621. The van der Waals surface area contributed by atoms with E-state index in [4.69, 9.17) is 9.47 Å². The summed E-state index contributed by atoms with van der Waals surface area (Å²) < 4.78 is 10.2. The van der Waals surface area contributed by atoms with Crippen LogP contribution in [0.15, 0.2) is 47.9 Å². The summed E-state index contributed by atoms with van der Waals surface area (Å²) in [5, 5.41) is 1.98. The number of esters is 1. The molecule has 4 heteroatoms. The van der Waals surface area contributed by atoms with Gasteiger partial charge in [0.15, 0.2) is 0 Å². The lowest BCUT2D eigenvalue weighted by Crippen LogP contribution is -2.01. The Balaban J connectivity index is 2.38. The summed E-state index contributed by atoms with van der Waals surface area (Å²) in [6.45, 7) is 2.17. The van der Waals surface area contributed by atoms with Crippen molar-refractivity contribution < 1.29 is 14.3 Å². The molecule has 0 saturated heterocycles. The average Bonchev–Trinajstić information content (AvgIpc) is 2.99. The maximum atomic E-state index is 11.7. The van der Waals surface area contributed by atoms with Crippen molar-refractivity contribution in [1.29, 1.82) is 0 Å². The minimum atomic E-state index is -0.327.